The van der Waals surface area contributed by atoms with Crippen LogP contribution in [0.25, 0.3) is 16.9 Å². The molecular formula is C30H22Cl3FN4. The molecule has 6 rings (SSSR count). The number of benzene rings is 3. The Kier molecular flexibility index (Phi) is 6.60. The molecule has 0 spiro atoms. The van der Waals surface area contributed by atoms with E-state index < -0.39 is 11.9 Å². The molecule has 3 aromatic carbocycles. The van der Waals surface area contributed by atoms with Gasteiger partial charge in [0.15, 0.2) is 11.7 Å². The number of para-hydroxylation sites is 1. The second-order valence-electron chi connectivity index (χ2n) is 9.17. The number of rotatable bonds is 5. The van der Waals surface area contributed by atoms with Gasteiger partial charge in [0.05, 0.1) is 27.4 Å². The molecule has 0 aliphatic carbocycles. The van der Waals surface area contributed by atoms with Crippen LogP contribution in [0.2, 0.25) is 5.02 Å². The number of allylic oxidation sites excluding steroid dienone is 2. The number of nitrogens with zero attached hydrogens (tertiary/aromatic N) is 4. The molecule has 1 aromatic heterocycles. The average Bonchev–Trinajstić information content (AvgIpc) is 3.29. The zero-order valence-corrected chi connectivity index (χ0v) is 22.6. The number of aliphatic imine (C=N–C) groups is 1. The summed E-state index contributed by atoms with van der Waals surface area (Å²) in [5, 5.41) is 6.07. The van der Waals surface area contributed by atoms with Gasteiger partial charge in [-0.1, -0.05) is 96.7 Å². The summed E-state index contributed by atoms with van der Waals surface area (Å²) in [4.78, 5) is 6.74. The average molecular weight is 564 g/mol. The Hall–Kier alpha value is -3.38. The van der Waals surface area contributed by atoms with Crippen LogP contribution in [0.5, 0.6) is 0 Å². The van der Waals surface area contributed by atoms with Gasteiger partial charge in [-0.2, -0.15) is 5.10 Å². The largest absolute Gasteiger partial charge is 0.318 e. The van der Waals surface area contributed by atoms with Gasteiger partial charge in [-0.3, -0.25) is 0 Å². The normalized spacial score (nSPS) is 16.4. The molecular weight excluding hydrogens is 542 g/mol. The molecule has 0 fully saturated rings. The summed E-state index contributed by atoms with van der Waals surface area (Å²) < 4.78 is 17.4. The fraction of sp³-hybridized carbons (Fsp3) is 0.133. The quantitative estimate of drug-likeness (QED) is 0.243. The first-order valence-corrected chi connectivity index (χ1v) is 13.4. The molecule has 0 saturated heterocycles. The zero-order valence-electron chi connectivity index (χ0n) is 20.4. The lowest BCUT2D eigenvalue weighted by molar-refractivity contribution is 0.443. The van der Waals surface area contributed by atoms with Gasteiger partial charge in [0.2, 0.25) is 0 Å². The number of hydrogen-bond donors (Lipinski definition) is 0. The topological polar surface area (TPSA) is 33.4 Å². The van der Waals surface area contributed by atoms with Gasteiger partial charge in [-0.15, -0.1) is 0 Å². The van der Waals surface area contributed by atoms with Crippen LogP contribution in [0.1, 0.15) is 36.1 Å². The first-order valence-electron chi connectivity index (χ1n) is 12.3. The van der Waals surface area contributed by atoms with Crippen molar-refractivity contribution in [2.45, 2.75) is 25.8 Å². The molecule has 2 aliphatic rings. The zero-order chi connectivity index (χ0) is 26.4. The predicted molar refractivity (Wildman–Crippen MR) is 153 cm³/mol. The first kappa shape index (κ1) is 24.9. The molecule has 4 nitrogen and oxygen atoms in total. The Bertz CT molecular complexity index is 1600. The monoisotopic (exact) mass is 562 g/mol. The molecule has 0 bridgehead atoms. The van der Waals surface area contributed by atoms with Crippen molar-refractivity contribution < 1.29 is 4.39 Å². The summed E-state index contributed by atoms with van der Waals surface area (Å²) in [5.74, 6) is 0.550. The molecule has 3 heterocycles. The van der Waals surface area contributed by atoms with Crippen LogP contribution in [0.15, 0.2) is 100 Å². The highest BCUT2D eigenvalue weighted by atomic mass is 35.5. The third-order valence-electron chi connectivity index (χ3n) is 6.69. The molecule has 38 heavy (non-hydrogen) atoms. The van der Waals surface area contributed by atoms with Gasteiger partial charge < -0.3 is 4.90 Å². The second-order valence-corrected chi connectivity index (χ2v) is 10.4. The van der Waals surface area contributed by atoms with Crippen LogP contribution in [0, 0.1) is 5.82 Å². The number of aryl methyl sites for hydroxylation is 1. The van der Waals surface area contributed by atoms with Crippen LogP contribution in [-0.4, -0.2) is 20.5 Å². The van der Waals surface area contributed by atoms with Gasteiger partial charge in [0.1, 0.15) is 11.5 Å². The van der Waals surface area contributed by atoms with E-state index >= 15 is 4.39 Å². The molecule has 0 amide bonds. The number of aromatic nitrogens is 2. The van der Waals surface area contributed by atoms with Crippen LogP contribution in [0.3, 0.4) is 0 Å². The van der Waals surface area contributed by atoms with E-state index in [0.29, 0.717) is 38.5 Å². The minimum Gasteiger partial charge on any atom is -0.318 e. The molecule has 1 atom stereocenters. The molecule has 0 N–H and O–H groups in total. The highest BCUT2D eigenvalue weighted by Crippen LogP contribution is 2.49. The molecule has 0 radical (unpaired) electrons. The van der Waals surface area contributed by atoms with Crippen LogP contribution >= 0.6 is 34.8 Å². The summed E-state index contributed by atoms with van der Waals surface area (Å²) in [6.07, 6.45) is 5.37. The van der Waals surface area contributed by atoms with Crippen LogP contribution in [0.4, 0.5) is 10.2 Å². The Morgan fingerprint density at radius 2 is 1.66 bits per heavy atom. The highest BCUT2D eigenvalue weighted by molar-refractivity contribution is 6.45. The summed E-state index contributed by atoms with van der Waals surface area (Å²) in [6.45, 7) is 2.15. The Morgan fingerprint density at radius 1 is 0.895 bits per heavy atom. The molecule has 4 aromatic rings. The van der Waals surface area contributed by atoms with Crippen molar-refractivity contribution in [3.8, 4) is 16.9 Å². The predicted octanol–water partition coefficient (Wildman–Crippen LogP) is 8.94. The molecule has 0 unspecified atom stereocenters. The third-order valence-corrected chi connectivity index (χ3v) is 7.50. The van der Waals surface area contributed by atoms with Crippen molar-refractivity contribution >= 4 is 46.5 Å². The van der Waals surface area contributed by atoms with E-state index in [-0.39, 0.29) is 5.02 Å². The Labute approximate surface area is 235 Å². The van der Waals surface area contributed by atoms with E-state index in [1.807, 2.05) is 42.5 Å². The van der Waals surface area contributed by atoms with E-state index in [1.54, 1.807) is 34.0 Å². The minimum absolute atomic E-state index is 0.286. The van der Waals surface area contributed by atoms with Gasteiger partial charge in [0.25, 0.3) is 0 Å². The van der Waals surface area contributed by atoms with Crippen molar-refractivity contribution in [1.82, 2.24) is 14.7 Å². The van der Waals surface area contributed by atoms with Gasteiger partial charge in [-0.25, -0.2) is 14.1 Å². The number of fused-ring (bicyclic) bond motifs is 2. The van der Waals surface area contributed by atoms with E-state index in [0.717, 1.165) is 24.1 Å². The number of halogens is 4. The maximum Gasteiger partial charge on any atom is 0.164 e. The van der Waals surface area contributed by atoms with Gasteiger partial charge >= 0.3 is 0 Å². The lowest BCUT2D eigenvalue weighted by Gasteiger charge is -2.37. The third kappa shape index (κ3) is 4.25. The summed E-state index contributed by atoms with van der Waals surface area (Å²) in [6, 6.07) is 22.0. The molecule has 190 valence electrons. The SMILES string of the molecule is CCCc1ccc(-c2nn(-c3ccccc3)c3c2[C@H](c2c(F)cccc2Cl)N2C=C(Cl)C=C(Cl)C2=N3)cc1. The van der Waals surface area contributed by atoms with E-state index in [2.05, 4.69) is 19.1 Å². The highest BCUT2D eigenvalue weighted by Gasteiger charge is 2.41. The summed E-state index contributed by atoms with van der Waals surface area (Å²) in [5.41, 5.74) is 4.63. The molecule has 0 saturated carbocycles. The van der Waals surface area contributed by atoms with E-state index in [1.165, 1.54) is 11.6 Å². The lowest BCUT2D eigenvalue weighted by atomic mass is 9.91. The van der Waals surface area contributed by atoms with Crippen LogP contribution in [-0.2, 0) is 6.42 Å². The van der Waals surface area contributed by atoms with Crippen molar-refractivity contribution in [3.63, 3.8) is 0 Å². The van der Waals surface area contributed by atoms with Crippen molar-refractivity contribution in [2.24, 2.45) is 4.99 Å². The Balaban J connectivity index is 1.69. The molecule has 8 heteroatoms. The van der Waals surface area contributed by atoms with Crippen molar-refractivity contribution in [1.29, 1.82) is 0 Å². The van der Waals surface area contributed by atoms with Crippen molar-refractivity contribution in [2.75, 3.05) is 0 Å². The maximum absolute atomic E-state index is 15.6. The number of hydrogen-bond acceptors (Lipinski definition) is 3. The second kappa shape index (κ2) is 10.1. The van der Waals surface area contributed by atoms with Crippen molar-refractivity contribution in [3.05, 3.63) is 123 Å². The molecule has 2 aliphatic heterocycles. The first-order chi connectivity index (χ1) is 18.5. The Morgan fingerprint density at radius 3 is 2.37 bits per heavy atom. The summed E-state index contributed by atoms with van der Waals surface area (Å²) >= 11 is 19.8. The summed E-state index contributed by atoms with van der Waals surface area (Å²) in [7, 11) is 0. The standard InChI is InChI=1S/C30H22Cl3FN4/c1-2-7-18-12-14-19(15-13-18)27-26-28(25-22(32)10-6-11-24(25)34)37-17-20(31)16-23(33)29(37)35-30(26)38(36-27)21-8-4-3-5-9-21/h3-6,8-17,28H,2,7H2,1H3/t28-/m0/s1. The van der Waals surface area contributed by atoms with Crippen LogP contribution < -0.4 is 0 Å². The fourth-order valence-electron chi connectivity index (χ4n) is 5.00. The number of amidine groups is 1. The minimum atomic E-state index is -0.717. The fourth-order valence-corrected chi connectivity index (χ4v) is 5.80. The van der Waals surface area contributed by atoms with E-state index in [4.69, 9.17) is 44.9 Å². The maximum atomic E-state index is 15.6. The van der Waals surface area contributed by atoms with E-state index in [9.17, 15) is 0 Å². The lowest BCUT2D eigenvalue weighted by Crippen LogP contribution is -2.36. The smallest absolute Gasteiger partial charge is 0.164 e. The van der Waals surface area contributed by atoms with Gasteiger partial charge in [-0.05, 0) is 42.3 Å². The van der Waals surface area contributed by atoms with Gasteiger partial charge in [0, 0.05) is 22.3 Å².